The van der Waals surface area contributed by atoms with Crippen molar-refractivity contribution in [1.82, 2.24) is 4.90 Å². The van der Waals surface area contributed by atoms with E-state index in [-0.39, 0.29) is 5.75 Å². The Hall–Kier alpha value is -3.39. The van der Waals surface area contributed by atoms with Crippen molar-refractivity contribution in [3.8, 4) is 11.5 Å². The van der Waals surface area contributed by atoms with E-state index in [2.05, 4.69) is 60.3 Å². The molecule has 39 heavy (non-hydrogen) atoms. The summed E-state index contributed by atoms with van der Waals surface area (Å²) in [4.78, 5) is 18.3. The van der Waals surface area contributed by atoms with Crippen LogP contribution in [0, 0.1) is 0 Å². The van der Waals surface area contributed by atoms with Crippen LogP contribution in [0.3, 0.4) is 0 Å². The van der Waals surface area contributed by atoms with E-state index in [4.69, 9.17) is 20.8 Å². The summed E-state index contributed by atoms with van der Waals surface area (Å²) in [5, 5.41) is 11.2. The van der Waals surface area contributed by atoms with Crippen LogP contribution in [0.1, 0.15) is 20.3 Å². The fourth-order valence-corrected chi connectivity index (χ4v) is 5.33. The molecule has 0 radical (unpaired) electrons. The maximum absolute atomic E-state index is 11.1. The molecule has 0 amide bonds. The average Bonchev–Trinajstić information content (AvgIpc) is 2.89. The molecule has 0 saturated carbocycles. The van der Waals surface area contributed by atoms with Crippen LogP contribution in [0.15, 0.2) is 97.4 Å². The van der Waals surface area contributed by atoms with Gasteiger partial charge in [0.15, 0.2) is 11.5 Å². The lowest BCUT2D eigenvalue weighted by Gasteiger charge is -2.33. The number of hydrogen-bond donors (Lipinski definition) is 1. The second-order valence-electron chi connectivity index (χ2n) is 9.69. The minimum absolute atomic E-state index is 0.0264. The predicted octanol–water partition coefficient (Wildman–Crippen LogP) is 7.74. The molecular formula is C31H33ClN2O4S. The van der Waals surface area contributed by atoms with E-state index >= 15 is 0 Å². The molecular weight excluding hydrogens is 532 g/mol. The summed E-state index contributed by atoms with van der Waals surface area (Å²) in [5.74, 6) is 0.327. The number of hydrogen-bond acceptors (Lipinski definition) is 7. The van der Waals surface area contributed by atoms with Crippen molar-refractivity contribution in [2.24, 2.45) is 0 Å². The number of phenolic OH excluding ortho intramolecular Hbond substituents is 1. The van der Waals surface area contributed by atoms with Gasteiger partial charge in [0.2, 0.25) is 0 Å². The minimum Gasteiger partial charge on any atom is -0.504 e. The molecule has 1 aliphatic heterocycles. The van der Waals surface area contributed by atoms with Crippen LogP contribution in [0.25, 0.3) is 11.0 Å². The SMILES string of the molecule is CC(C)=CCOc1cc2oc(=O)ccc2cc1O.CN(C)CCCN1c2ccccc2Sc2ccc(Cl)cc21. The Labute approximate surface area is 238 Å². The number of para-hydroxylation sites is 1. The molecule has 0 saturated heterocycles. The number of fused-ring (bicyclic) bond motifs is 3. The summed E-state index contributed by atoms with van der Waals surface area (Å²) in [6.07, 6.45) is 3.02. The number of allylic oxidation sites excluding steroid dienone is 1. The Balaban J connectivity index is 0.000000183. The summed E-state index contributed by atoms with van der Waals surface area (Å²) < 4.78 is 10.4. The van der Waals surface area contributed by atoms with Crippen LogP contribution in [-0.4, -0.2) is 43.8 Å². The van der Waals surface area contributed by atoms with Crippen molar-refractivity contribution < 1.29 is 14.3 Å². The van der Waals surface area contributed by atoms with E-state index in [1.807, 2.05) is 37.8 Å². The Kier molecular flexibility index (Phi) is 9.62. The maximum atomic E-state index is 11.1. The van der Waals surface area contributed by atoms with Crippen LogP contribution in [-0.2, 0) is 0 Å². The van der Waals surface area contributed by atoms with Crippen LogP contribution in [0.4, 0.5) is 11.4 Å². The van der Waals surface area contributed by atoms with Gasteiger partial charge < -0.3 is 24.1 Å². The highest BCUT2D eigenvalue weighted by atomic mass is 35.5. The molecule has 0 spiro atoms. The monoisotopic (exact) mass is 564 g/mol. The summed E-state index contributed by atoms with van der Waals surface area (Å²) in [6, 6.07) is 20.7. The molecule has 0 fully saturated rings. The molecule has 5 rings (SSSR count). The fraction of sp³-hybridized carbons (Fsp3) is 0.258. The third-order valence-electron chi connectivity index (χ3n) is 6.01. The Morgan fingerprint density at radius 2 is 1.82 bits per heavy atom. The summed E-state index contributed by atoms with van der Waals surface area (Å²) in [6.45, 7) is 6.37. The lowest BCUT2D eigenvalue weighted by Crippen LogP contribution is -2.25. The van der Waals surface area contributed by atoms with Crippen LogP contribution in [0.5, 0.6) is 11.5 Å². The highest BCUT2D eigenvalue weighted by Crippen LogP contribution is 2.48. The van der Waals surface area contributed by atoms with Gasteiger partial charge in [-0.15, -0.1) is 0 Å². The molecule has 4 aromatic rings. The van der Waals surface area contributed by atoms with E-state index in [0.717, 1.165) is 30.1 Å². The zero-order chi connectivity index (χ0) is 27.9. The fourth-order valence-electron chi connectivity index (χ4n) is 4.09. The first-order valence-electron chi connectivity index (χ1n) is 12.7. The maximum Gasteiger partial charge on any atom is 0.336 e. The first-order valence-corrected chi connectivity index (χ1v) is 13.9. The summed E-state index contributed by atoms with van der Waals surface area (Å²) >= 11 is 8.03. The van der Waals surface area contributed by atoms with Crippen molar-refractivity contribution in [2.75, 3.05) is 38.7 Å². The Morgan fingerprint density at radius 1 is 1.05 bits per heavy atom. The van der Waals surface area contributed by atoms with Gasteiger partial charge >= 0.3 is 5.63 Å². The van der Waals surface area contributed by atoms with Crippen molar-refractivity contribution in [3.63, 3.8) is 0 Å². The molecule has 0 unspecified atom stereocenters. The highest BCUT2D eigenvalue weighted by Gasteiger charge is 2.23. The van der Waals surface area contributed by atoms with Crippen molar-refractivity contribution in [3.05, 3.63) is 93.8 Å². The molecule has 0 bridgehead atoms. The number of nitrogens with zero attached hydrogens (tertiary/aromatic N) is 2. The zero-order valence-electron chi connectivity index (χ0n) is 22.6. The van der Waals surface area contributed by atoms with Gasteiger partial charge in [-0.2, -0.15) is 0 Å². The van der Waals surface area contributed by atoms with Gasteiger partial charge in [-0.3, -0.25) is 0 Å². The van der Waals surface area contributed by atoms with Crippen molar-refractivity contribution in [1.29, 1.82) is 0 Å². The molecule has 6 nitrogen and oxygen atoms in total. The molecule has 1 N–H and O–H groups in total. The van der Waals surface area contributed by atoms with Gasteiger partial charge in [-0.1, -0.05) is 41.1 Å². The minimum atomic E-state index is -0.427. The van der Waals surface area contributed by atoms with Gasteiger partial charge in [0, 0.05) is 38.9 Å². The Morgan fingerprint density at radius 3 is 2.59 bits per heavy atom. The normalized spacial score (nSPS) is 11.9. The van der Waals surface area contributed by atoms with Gasteiger partial charge in [-0.25, -0.2) is 4.79 Å². The van der Waals surface area contributed by atoms with E-state index in [1.165, 1.54) is 39.4 Å². The zero-order valence-corrected chi connectivity index (χ0v) is 24.2. The van der Waals surface area contributed by atoms with E-state index in [1.54, 1.807) is 6.07 Å². The molecule has 1 aliphatic rings. The number of aromatic hydroxyl groups is 1. The number of ether oxygens (including phenoxy) is 1. The van der Waals surface area contributed by atoms with E-state index in [0.29, 0.717) is 23.3 Å². The Bertz CT molecular complexity index is 1530. The van der Waals surface area contributed by atoms with Crippen LogP contribution in [0.2, 0.25) is 5.02 Å². The van der Waals surface area contributed by atoms with E-state index < -0.39 is 5.63 Å². The molecule has 8 heteroatoms. The van der Waals surface area contributed by atoms with Gasteiger partial charge in [-0.05, 0) is 89.4 Å². The van der Waals surface area contributed by atoms with Gasteiger partial charge in [0.25, 0.3) is 0 Å². The third kappa shape index (κ3) is 7.60. The molecule has 204 valence electrons. The topological polar surface area (TPSA) is 66.2 Å². The summed E-state index contributed by atoms with van der Waals surface area (Å²) in [5.41, 5.74) is 3.61. The number of rotatable bonds is 7. The van der Waals surface area contributed by atoms with Gasteiger partial charge in [0.1, 0.15) is 12.2 Å². The molecule has 3 aromatic carbocycles. The number of phenols is 1. The second kappa shape index (κ2) is 13.1. The predicted molar refractivity (Wildman–Crippen MR) is 161 cm³/mol. The molecule has 1 aromatic heterocycles. The largest absolute Gasteiger partial charge is 0.504 e. The number of benzene rings is 3. The van der Waals surface area contributed by atoms with Crippen LogP contribution < -0.4 is 15.3 Å². The molecule has 2 heterocycles. The van der Waals surface area contributed by atoms with E-state index in [9.17, 15) is 9.90 Å². The lowest BCUT2D eigenvalue weighted by atomic mass is 10.2. The molecule has 0 atom stereocenters. The highest BCUT2D eigenvalue weighted by molar-refractivity contribution is 7.99. The van der Waals surface area contributed by atoms with Gasteiger partial charge in [0.05, 0.1) is 11.4 Å². The first-order chi connectivity index (χ1) is 18.7. The lowest BCUT2D eigenvalue weighted by molar-refractivity contribution is 0.335. The van der Waals surface area contributed by atoms with Crippen LogP contribution >= 0.6 is 23.4 Å². The number of anilines is 2. The quantitative estimate of drug-likeness (QED) is 0.182. The first kappa shape index (κ1) is 28.6. The standard InChI is InChI=1S/C17H19ClN2S.C14H14O4/c1-19(2)10-5-11-20-14-6-3-4-7-16(14)21-17-9-8-13(18)12-15(17)20;1-9(2)5-6-17-13-8-12-10(7-11(13)15)3-4-14(16)18-12/h3-4,6-9,12H,5,10-11H2,1-2H3;3-5,7-8,15H,6H2,1-2H3. The molecule has 0 aliphatic carbocycles. The second-order valence-corrected chi connectivity index (χ2v) is 11.2. The smallest absolute Gasteiger partial charge is 0.336 e. The summed E-state index contributed by atoms with van der Waals surface area (Å²) in [7, 11) is 4.23. The number of halogens is 1. The average molecular weight is 565 g/mol. The third-order valence-corrected chi connectivity index (χ3v) is 7.37. The van der Waals surface area contributed by atoms with Crippen molar-refractivity contribution >= 4 is 45.7 Å². The van der Waals surface area contributed by atoms with Crippen molar-refractivity contribution in [2.45, 2.75) is 30.1 Å².